The molecule has 68 valence electrons. The molecule has 0 amide bonds. The molecule has 0 unspecified atom stereocenters. The number of ether oxygens (including phenoxy) is 1. The van der Waals surface area contributed by atoms with Gasteiger partial charge in [0.05, 0.1) is 25.0 Å². The summed E-state index contributed by atoms with van der Waals surface area (Å²) >= 11 is 0. The predicted molar refractivity (Wildman–Crippen MR) is 45.3 cm³/mol. The van der Waals surface area contributed by atoms with E-state index in [1.54, 1.807) is 0 Å². The van der Waals surface area contributed by atoms with E-state index in [9.17, 15) is 4.79 Å². The van der Waals surface area contributed by atoms with Crippen molar-refractivity contribution in [3.63, 3.8) is 0 Å². The van der Waals surface area contributed by atoms with E-state index >= 15 is 0 Å². The Morgan fingerprint density at radius 1 is 1.54 bits per heavy atom. The van der Waals surface area contributed by atoms with E-state index in [4.69, 9.17) is 10.00 Å². The molecular weight excluding hydrogens is 166 g/mol. The lowest BCUT2D eigenvalue weighted by atomic mass is 9.84. The molecule has 0 aromatic rings. The Labute approximate surface area is 77.0 Å². The number of hydrogen-bond acceptors (Lipinski definition) is 3. The van der Waals surface area contributed by atoms with Crippen LogP contribution in [0.5, 0.6) is 0 Å². The Bertz CT molecular complexity index is 303. The first-order chi connectivity index (χ1) is 6.27. The zero-order valence-corrected chi connectivity index (χ0v) is 7.43. The maximum atomic E-state index is 11.4. The average molecular weight is 177 g/mol. The van der Waals surface area contributed by atoms with Crippen molar-refractivity contribution in [2.45, 2.75) is 6.42 Å². The van der Waals surface area contributed by atoms with Gasteiger partial charge >= 0.3 is 5.97 Å². The molecule has 2 bridgehead atoms. The number of carbonyl (C=O) groups excluding carboxylic acids is 1. The van der Waals surface area contributed by atoms with E-state index in [2.05, 4.69) is 12.1 Å². The highest BCUT2D eigenvalue weighted by molar-refractivity contribution is 5.75. The SMILES string of the molecule is COC(=O)[C@H]1[C@@H](C#N)[C@@H]2C=C[C@H]1C2. The van der Waals surface area contributed by atoms with Gasteiger partial charge in [0.15, 0.2) is 0 Å². The fourth-order valence-electron chi connectivity index (χ4n) is 2.46. The topological polar surface area (TPSA) is 50.1 Å². The molecule has 3 heteroatoms. The maximum Gasteiger partial charge on any atom is 0.310 e. The van der Waals surface area contributed by atoms with Crippen molar-refractivity contribution in [3.8, 4) is 6.07 Å². The van der Waals surface area contributed by atoms with Gasteiger partial charge in [0.1, 0.15) is 0 Å². The smallest absolute Gasteiger partial charge is 0.310 e. The second kappa shape index (κ2) is 2.88. The zero-order valence-electron chi connectivity index (χ0n) is 7.43. The fourth-order valence-corrected chi connectivity index (χ4v) is 2.46. The summed E-state index contributed by atoms with van der Waals surface area (Å²) in [4.78, 5) is 11.4. The fraction of sp³-hybridized carbons (Fsp3) is 0.600. The van der Waals surface area contributed by atoms with Gasteiger partial charge in [0.25, 0.3) is 0 Å². The van der Waals surface area contributed by atoms with Crippen LogP contribution in [0.1, 0.15) is 6.42 Å². The number of carbonyl (C=O) groups is 1. The van der Waals surface area contributed by atoms with Crippen LogP contribution in [0.25, 0.3) is 0 Å². The maximum absolute atomic E-state index is 11.4. The van der Waals surface area contributed by atoms with Gasteiger partial charge in [-0.05, 0) is 18.3 Å². The minimum Gasteiger partial charge on any atom is -0.469 e. The molecule has 0 aliphatic heterocycles. The van der Waals surface area contributed by atoms with Gasteiger partial charge in [0, 0.05) is 0 Å². The molecule has 0 N–H and O–H groups in total. The standard InChI is InChI=1S/C10H11NO2/c1-13-10(12)9-7-3-2-6(4-7)8(9)5-11/h2-3,6-9H,4H2,1H3/t6-,7+,8+,9-/m1/s1. The molecule has 0 radical (unpaired) electrons. The Morgan fingerprint density at radius 2 is 2.23 bits per heavy atom. The quantitative estimate of drug-likeness (QED) is 0.445. The van der Waals surface area contributed by atoms with Gasteiger partial charge in [-0.3, -0.25) is 4.79 Å². The second-order valence-electron chi connectivity index (χ2n) is 3.65. The van der Waals surface area contributed by atoms with Crippen LogP contribution in [0.3, 0.4) is 0 Å². The molecule has 2 rings (SSSR count). The highest BCUT2D eigenvalue weighted by Gasteiger charge is 2.48. The van der Waals surface area contributed by atoms with E-state index in [-0.39, 0.29) is 29.6 Å². The first kappa shape index (κ1) is 8.31. The van der Waals surface area contributed by atoms with Crippen LogP contribution < -0.4 is 0 Å². The summed E-state index contributed by atoms with van der Waals surface area (Å²) in [5.74, 6) is -0.1000. The number of fused-ring (bicyclic) bond motifs is 2. The van der Waals surface area contributed by atoms with Crippen molar-refractivity contribution >= 4 is 5.97 Å². The average Bonchev–Trinajstić information content (AvgIpc) is 2.74. The van der Waals surface area contributed by atoms with E-state index in [1.165, 1.54) is 7.11 Å². The van der Waals surface area contributed by atoms with Gasteiger partial charge < -0.3 is 4.74 Å². The van der Waals surface area contributed by atoms with Crippen molar-refractivity contribution in [3.05, 3.63) is 12.2 Å². The molecule has 0 aromatic carbocycles. The summed E-state index contributed by atoms with van der Waals surface area (Å²) in [6.45, 7) is 0. The molecule has 0 aromatic heterocycles. The van der Waals surface area contributed by atoms with Crippen LogP contribution in [0, 0.1) is 35.0 Å². The number of allylic oxidation sites excluding steroid dienone is 2. The largest absolute Gasteiger partial charge is 0.469 e. The minimum absolute atomic E-state index is 0.164. The normalized spacial score (nSPS) is 40.3. The molecule has 1 saturated carbocycles. The molecular formula is C10H11NO2. The number of methoxy groups -OCH3 is 1. The molecule has 0 heterocycles. The van der Waals surface area contributed by atoms with Crippen molar-refractivity contribution in [2.24, 2.45) is 23.7 Å². The molecule has 2 aliphatic rings. The van der Waals surface area contributed by atoms with Gasteiger partial charge in [-0.15, -0.1) is 0 Å². The van der Waals surface area contributed by atoms with Gasteiger partial charge in [0.2, 0.25) is 0 Å². The summed E-state index contributed by atoms with van der Waals surface area (Å²) in [5.41, 5.74) is 0. The monoisotopic (exact) mass is 177 g/mol. The number of rotatable bonds is 1. The Balaban J connectivity index is 2.24. The lowest BCUT2D eigenvalue weighted by Crippen LogP contribution is -2.27. The first-order valence-corrected chi connectivity index (χ1v) is 4.43. The number of nitriles is 1. The van der Waals surface area contributed by atoms with Crippen LogP contribution in [0.2, 0.25) is 0 Å². The zero-order chi connectivity index (χ0) is 9.42. The summed E-state index contributed by atoms with van der Waals surface area (Å²) in [6.07, 6.45) is 5.04. The van der Waals surface area contributed by atoms with Crippen LogP contribution in [-0.2, 0) is 9.53 Å². The van der Waals surface area contributed by atoms with Crippen LogP contribution >= 0.6 is 0 Å². The van der Waals surface area contributed by atoms with Crippen molar-refractivity contribution in [1.82, 2.24) is 0 Å². The van der Waals surface area contributed by atoms with Crippen LogP contribution in [-0.4, -0.2) is 13.1 Å². The highest BCUT2D eigenvalue weighted by Crippen LogP contribution is 2.47. The first-order valence-electron chi connectivity index (χ1n) is 4.43. The summed E-state index contributed by atoms with van der Waals surface area (Å²) in [6, 6.07) is 2.21. The van der Waals surface area contributed by atoms with Crippen molar-refractivity contribution in [2.75, 3.05) is 7.11 Å². The van der Waals surface area contributed by atoms with Crippen molar-refractivity contribution in [1.29, 1.82) is 5.26 Å². The molecule has 4 atom stereocenters. The van der Waals surface area contributed by atoms with Crippen LogP contribution in [0.4, 0.5) is 0 Å². The Morgan fingerprint density at radius 3 is 2.85 bits per heavy atom. The molecule has 0 saturated heterocycles. The van der Waals surface area contributed by atoms with Gasteiger partial charge in [-0.25, -0.2) is 0 Å². The van der Waals surface area contributed by atoms with E-state index in [1.807, 2.05) is 6.08 Å². The van der Waals surface area contributed by atoms with E-state index in [0.717, 1.165) is 6.42 Å². The van der Waals surface area contributed by atoms with Gasteiger partial charge in [-0.1, -0.05) is 12.2 Å². The molecule has 0 spiro atoms. The molecule has 3 nitrogen and oxygen atoms in total. The van der Waals surface area contributed by atoms with Crippen LogP contribution in [0.15, 0.2) is 12.2 Å². The number of esters is 1. The molecule has 13 heavy (non-hydrogen) atoms. The molecule has 2 aliphatic carbocycles. The van der Waals surface area contributed by atoms with Crippen molar-refractivity contribution < 1.29 is 9.53 Å². The lowest BCUT2D eigenvalue weighted by molar-refractivity contribution is -0.147. The summed E-state index contributed by atoms with van der Waals surface area (Å²) in [5, 5.41) is 8.91. The Kier molecular flexibility index (Phi) is 1.84. The second-order valence-corrected chi connectivity index (χ2v) is 3.65. The van der Waals surface area contributed by atoms with E-state index in [0.29, 0.717) is 0 Å². The number of hydrogen-bond donors (Lipinski definition) is 0. The summed E-state index contributed by atoms with van der Waals surface area (Å²) in [7, 11) is 1.38. The number of nitrogens with zero attached hydrogens (tertiary/aromatic N) is 1. The Hall–Kier alpha value is -1.30. The van der Waals surface area contributed by atoms with Gasteiger partial charge in [-0.2, -0.15) is 5.26 Å². The third kappa shape index (κ3) is 1.06. The third-order valence-electron chi connectivity index (χ3n) is 3.08. The van der Waals surface area contributed by atoms with E-state index < -0.39 is 0 Å². The summed E-state index contributed by atoms with van der Waals surface area (Å²) < 4.78 is 4.69. The third-order valence-corrected chi connectivity index (χ3v) is 3.08. The highest BCUT2D eigenvalue weighted by atomic mass is 16.5. The minimum atomic E-state index is -0.233. The predicted octanol–water partition coefficient (Wildman–Crippen LogP) is 1.12. The molecule has 1 fully saturated rings. The lowest BCUT2D eigenvalue weighted by Gasteiger charge is -2.19.